The molecule has 88 valence electrons. The van der Waals surface area contributed by atoms with Gasteiger partial charge in [-0.3, -0.25) is 4.90 Å². The molecule has 1 aromatic heterocycles. The summed E-state index contributed by atoms with van der Waals surface area (Å²) in [5, 5.41) is 15.4. The van der Waals surface area contributed by atoms with E-state index in [0.29, 0.717) is 12.1 Å². The molecule has 0 amide bonds. The van der Waals surface area contributed by atoms with Crippen LogP contribution in [0.2, 0.25) is 0 Å². The Morgan fingerprint density at radius 2 is 2.31 bits per heavy atom. The van der Waals surface area contributed by atoms with E-state index >= 15 is 0 Å². The van der Waals surface area contributed by atoms with Crippen LogP contribution in [0, 0.1) is 0 Å². The summed E-state index contributed by atoms with van der Waals surface area (Å²) in [5.74, 6) is 0. The van der Waals surface area contributed by atoms with E-state index in [1.54, 1.807) is 0 Å². The van der Waals surface area contributed by atoms with Crippen LogP contribution in [0.25, 0.3) is 0 Å². The van der Waals surface area contributed by atoms with Gasteiger partial charge < -0.3 is 10.4 Å². The van der Waals surface area contributed by atoms with Gasteiger partial charge in [-0.2, -0.15) is 0 Å². The SMILES string of the molecule is OC1CNCC1N(Cc1cccs1)C1CC1. The Morgan fingerprint density at radius 3 is 2.88 bits per heavy atom. The fraction of sp³-hybridized carbons (Fsp3) is 0.667. The summed E-state index contributed by atoms with van der Waals surface area (Å²) in [5.41, 5.74) is 0. The van der Waals surface area contributed by atoms with Crippen molar-refractivity contribution in [3.8, 4) is 0 Å². The van der Waals surface area contributed by atoms with Gasteiger partial charge in [0.25, 0.3) is 0 Å². The molecule has 1 aromatic rings. The molecule has 2 N–H and O–H groups in total. The Kier molecular flexibility index (Phi) is 2.98. The van der Waals surface area contributed by atoms with E-state index < -0.39 is 0 Å². The Labute approximate surface area is 100 Å². The standard InChI is InChI=1S/C12H18N2OS/c15-12-7-13-6-11(12)14(9-3-4-9)8-10-2-1-5-16-10/h1-2,5,9,11-13,15H,3-4,6-8H2. The molecule has 3 rings (SSSR count). The predicted molar refractivity (Wildman–Crippen MR) is 65.5 cm³/mol. The highest BCUT2D eigenvalue weighted by atomic mass is 32.1. The molecule has 16 heavy (non-hydrogen) atoms. The molecular weight excluding hydrogens is 220 g/mol. The lowest BCUT2D eigenvalue weighted by atomic mass is 10.1. The third-order valence-electron chi connectivity index (χ3n) is 3.51. The molecule has 1 saturated carbocycles. The van der Waals surface area contributed by atoms with E-state index in [4.69, 9.17) is 0 Å². The van der Waals surface area contributed by atoms with Crippen molar-refractivity contribution < 1.29 is 5.11 Å². The molecule has 2 unspecified atom stereocenters. The van der Waals surface area contributed by atoms with Crippen molar-refractivity contribution in [2.75, 3.05) is 13.1 Å². The smallest absolute Gasteiger partial charge is 0.0832 e. The average molecular weight is 238 g/mol. The summed E-state index contributed by atoms with van der Waals surface area (Å²) >= 11 is 1.81. The first-order chi connectivity index (χ1) is 7.84. The molecule has 0 aromatic carbocycles. The maximum absolute atomic E-state index is 9.96. The third kappa shape index (κ3) is 2.15. The maximum atomic E-state index is 9.96. The van der Waals surface area contributed by atoms with Crippen molar-refractivity contribution in [3.63, 3.8) is 0 Å². The van der Waals surface area contributed by atoms with E-state index in [2.05, 4.69) is 27.7 Å². The van der Waals surface area contributed by atoms with E-state index in [-0.39, 0.29) is 6.10 Å². The predicted octanol–water partition coefficient (Wildman–Crippen LogP) is 1.05. The van der Waals surface area contributed by atoms with E-state index in [9.17, 15) is 5.11 Å². The highest BCUT2D eigenvalue weighted by Crippen LogP contribution is 2.32. The minimum atomic E-state index is -0.194. The molecule has 0 spiro atoms. The van der Waals surface area contributed by atoms with Gasteiger partial charge in [0.2, 0.25) is 0 Å². The molecular formula is C12H18N2OS. The first kappa shape index (κ1) is 10.7. The Morgan fingerprint density at radius 1 is 1.44 bits per heavy atom. The molecule has 2 aliphatic rings. The van der Waals surface area contributed by atoms with Crippen LogP contribution < -0.4 is 5.32 Å². The zero-order chi connectivity index (χ0) is 11.0. The zero-order valence-corrected chi connectivity index (χ0v) is 10.1. The van der Waals surface area contributed by atoms with Crippen LogP contribution >= 0.6 is 11.3 Å². The van der Waals surface area contributed by atoms with E-state index in [1.165, 1.54) is 17.7 Å². The summed E-state index contributed by atoms with van der Waals surface area (Å²) in [6, 6.07) is 5.32. The Balaban J connectivity index is 1.71. The molecule has 1 aliphatic carbocycles. The minimum Gasteiger partial charge on any atom is -0.390 e. The number of thiophene rings is 1. The lowest BCUT2D eigenvalue weighted by Crippen LogP contribution is -2.43. The van der Waals surface area contributed by atoms with Crippen LogP contribution in [0.1, 0.15) is 17.7 Å². The number of β-amino-alcohol motifs (C(OH)–C–C–N with tert-alkyl or cyclic N) is 1. The normalized spacial score (nSPS) is 30.1. The van der Waals surface area contributed by atoms with Crippen LogP contribution in [0.15, 0.2) is 17.5 Å². The topological polar surface area (TPSA) is 35.5 Å². The average Bonchev–Trinajstić information content (AvgIpc) is 2.82. The second-order valence-corrected chi connectivity index (χ2v) is 5.81. The molecule has 1 saturated heterocycles. The number of nitrogens with zero attached hydrogens (tertiary/aromatic N) is 1. The second-order valence-electron chi connectivity index (χ2n) is 4.78. The van der Waals surface area contributed by atoms with E-state index in [1.807, 2.05) is 11.3 Å². The summed E-state index contributed by atoms with van der Waals surface area (Å²) in [4.78, 5) is 3.90. The lowest BCUT2D eigenvalue weighted by Gasteiger charge is -2.30. The number of hydrogen-bond donors (Lipinski definition) is 2. The maximum Gasteiger partial charge on any atom is 0.0832 e. The van der Waals surface area contributed by atoms with Crippen LogP contribution in [-0.4, -0.2) is 41.3 Å². The van der Waals surface area contributed by atoms with Crippen molar-refractivity contribution in [1.29, 1.82) is 0 Å². The summed E-state index contributed by atoms with van der Waals surface area (Å²) < 4.78 is 0. The fourth-order valence-corrected chi connectivity index (χ4v) is 3.21. The highest BCUT2D eigenvalue weighted by molar-refractivity contribution is 7.09. The quantitative estimate of drug-likeness (QED) is 0.823. The number of aliphatic hydroxyl groups excluding tert-OH is 1. The second kappa shape index (κ2) is 4.45. The molecule has 4 heteroatoms. The van der Waals surface area contributed by atoms with Crippen LogP contribution in [0.4, 0.5) is 0 Å². The summed E-state index contributed by atoms with van der Waals surface area (Å²) in [6.45, 7) is 2.69. The van der Waals surface area contributed by atoms with Gasteiger partial charge in [0.1, 0.15) is 0 Å². The largest absolute Gasteiger partial charge is 0.390 e. The Hall–Kier alpha value is -0.420. The van der Waals surface area contributed by atoms with Crippen molar-refractivity contribution >= 4 is 11.3 Å². The molecule has 2 heterocycles. The van der Waals surface area contributed by atoms with Crippen LogP contribution in [-0.2, 0) is 6.54 Å². The van der Waals surface area contributed by atoms with Gasteiger partial charge in [0.15, 0.2) is 0 Å². The fourth-order valence-electron chi connectivity index (χ4n) is 2.50. The molecule has 2 fully saturated rings. The van der Waals surface area contributed by atoms with Crippen molar-refractivity contribution in [1.82, 2.24) is 10.2 Å². The van der Waals surface area contributed by atoms with Crippen molar-refractivity contribution in [2.24, 2.45) is 0 Å². The third-order valence-corrected chi connectivity index (χ3v) is 4.37. The molecule has 2 atom stereocenters. The van der Waals surface area contributed by atoms with Gasteiger partial charge in [-0.15, -0.1) is 11.3 Å². The van der Waals surface area contributed by atoms with Crippen molar-refractivity contribution in [3.05, 3.63) is 22.4 Å². The van der Waals surface area contributed by atoms with Gasteiger partial charge in [-0.25, -0.2) is 0 Å². The molecule has 3 nitrogen and oxygen atoms in total. The zero-order valence-electron chi connectivity index (χ0n) is 9.30. The lowest BCUT2D eigenvalue weighted by molar-refractivity contribution is 0.0733. The molecule has 0 radical (unpaired) electrons. The van der Waals surface area contributed by atoms with Gasteiger partial charge in [-0.05, 0) is 24.3 Å². The van der Waals surface area contributed by atoms with Gasteiger partial charge in [0.05, 0.1) is 6.10 Å². The highest BCUT2D eigenvalue weighted by Gasteiger charge is 2.39. The molecule has 0 bridgehead atoms. The van der Waals surface area contributed by atoms with Gasteiger partial charge in [-0.1, -0.05) is 6.07 Å². The first-order valence-corrected chi connectivity index (χ1v) is 6.89. The van der Waals surface area contributed by atoms with Crippen LogP contribution in [0.5, 0.6) is 0 Å². The minimum absolute atomic E-state index is 0.194. The number of rotatable bonds is 4. The van der Waals surface area contributed by atoms with E-state index in [0.717, 1.165) is 19.6 Å². The van der Waals surface area contributed by atoms with Crippen LogP contribution in [0.3, 0.4) is 0 Å². The number of hydrogen-bond acceptors (Lipinski definition) is 4. The first-order valence-electron chi connectivity index (χ1n) is 6.01. The van der Waals surface area contributed by atoms with Crippen molar-refractivity contribution in [2.45, 2.75) is 37.6 Å². The molecule has 1 aliphatic heterocycles. The number of aliphatic hydroxyl groups is 1. The number of nitrogens with one attached hydrogen (secondary N) is 1. The van der Waals surface area contributed by atoms with Gasteiger partial charge in [0, 0.05) is 36.6 Å². The summed E-state index contributed by atoms with van der Waals surface area (Å²) in [6.07, 6.45) is 2.41. The summed E-state index contributed by atoms with van der Waals surface area (Å²) in [7, 11) is 0. The Bertz CT molecular complexity index is 337. The van der Waals surface area contributed by atoms with Gasteiger partial charge >= 0.3 is 0 Å². The monoisotopic (exact) mass is 238 g/mol.